The molecule has 0 saturated carbocycles. The van der Waals surface area contributed by atoms with Crippen molar-refractivity contribution >= 4 is 15.9 Å². The van der Waals surface area contributed by atoms with E-state index in [0.717, 1.165) is 28.7 Å². The van der Waals surface area contributed by atoms with E-state index in [-0.39, 0.29) is 0 Å². The highest BCUT2D eigenvalue weighted by atomic mass is 79.9. The molecule has 1 saturated heterocycles. The van der Waals surface area contributed by atoms with Gasteiger partial charge in [-0.15, -0.1) is 0 Å². The number of ether oxygens (including phenoxy) is 2. The monoisotopic (exact) mass is 337 g/mol. The SMILES string of the molecule is COC1(c2nc(-c3cccc(Br)c3)n[nH]2)CCOCC1. The molecule has 0 radical (unpaired) electrons. The van der Waals surface area contributed by atoms with E-state index < -0.39 is 5.60 Å². The molecule has 0 bridgehead atoms. The lowest BCUT2D eigenvalue weighted by atomic mass is 9.93. The summed E-state index contributed by atoms with van der Waals surface area (Å²) < 4.78 is 12.1. The van der Waals surface area contributed by atoms with Crippen molar-refractivity contribution in [3.63, 3.8) is 0 Å². The Balaban J connectivity index is 1.93. The van der Waals surface area contributed by atoms with Crippen LogP contribution in [0.4, 0.5) is 0 Å². The van der Waals surface area contributed by atoms with E-state index in [2.05, 4.69) is 31.1 Å². The second-order valence-corrected chi connectivity index (χ2v) is 5.74. The average molecular weight is 338 g/mol. The van der Waals surface area contributed by atoms with Gasteiger partial charge in [0.05, 0.1) is 0 Å². The Morgan fingerprint density at radius 1 is 1.35 bits per heavy atom. The van der Waals surface area contributed by atoms with Gasteiger partial charge in [0.15, 0.2) is 11.6 Å². The number of aromatic nitrogens is 3. The number of hydrogen-bond donors (Lipinski definition) is 1. The minimum Gasteiger partial charge on any atom is -0.381 e. The van der Waals surface area contributed by atoms with Gasteiger partial charge in [-0.3, -0.25) is 5.10 Å². The Hall–Kier alpha value is -1.24. The second-order valence-electron chi connectivity index (χ2n) is 4.83. The molecule has 1 aliphatic rings. The third kappa shape index (κ3) is 2.51. The number of halogens is 1. The van der Waals surface area contributed by atoms with Crippen molar-refractivity contribution < 1.29 is 9.47 Å². The van der Waals surface area contributed by atoms with Crippen LogP contribution in [0.15, 0.2) is 28.7 Å². The molecule has 0 aliphatic carbocycles. The molecule has 6 heteroatoms. The maximum absolute atomic E-state index is 5.71. The number of hydrogen-bond acceptors (Lipinski definition) is 4. The van der Waals surface area contributed by atoms with Gasteiger partial charge < -0.3 is 9.47 Å². The van der Waals surface area contributed by atoms with Crippen LogP contribution < -0.4 is 0 Å². The van der Waals surface area contributed by atoms with Gasteiger partial charge in [-0.05, 0) is 12.1 Å². The van der Waals surface area contributed by atoms with Gasteiger partial charge in [0.2, 0.25) is 0 Å². The molecule has 5 nitrogen and oxygen atoms in total. The fourth-order valence-electron chi connectivity index (χ4n) is 2.46. The molecule has 1 aliphatic heterocycles. The first kappa shape index (κ1) is 13.7. The first-order chi connectivity index (χ1) is 9.73. The summed E-state index contributed by atoms with van der Waals surface area (Å²) in [5.41, 5.74) is 0.565. The largest absolute Gasteiger partial charge is 0.381 e. The van der Waals surface area contributed by atoms with Crippen molar-refractivity contribution in [1.82, 2.24) is 15.2 Å². The van der Waals surface area contributed by atoms with Crippen LogP contribution >= 0.6 is 15.9 Å². The molecule has 1 aromatic heterocycles. The zero-order valence-corrected chi connectivity index (χ0v) is 12.8. The van der Waals surface area contributed by atoms with Crippen LogP contribution in [0.2, 0.25) is 0 Å². The molecule has 106 valence electrons. The third-order valence-corrected chi connectivity index (χ3v) is 4.18. The topological polar surface area (TPSA) is 60.0 Å². The number of nitrogens with zero attached hydrogens (tertiary/aromatic N) is 2. The van der Waals surface area contributed by atoms with E-state index >= 15 is 0 Å². The number of benzene rings is 1. The predicted octanol–water partition coefficient (Wildman–Crippen LogP) is 2.89. The smallest absolute Gasteiger partial charge is 0.181 e. The van der Waals surface area contributed by atoms with Crippen molar-refractivity contribution in [2.45, 2.75) is 18.4 Å². The van der Waals surface area contributed by atoms with Crippen molar-refractivity contribution in [3.8, 4) is 11.4 Å². The number of methoxy groups -OCH3 is 1. The summed E-state index contributed by atoms with van der Waals surface area (Å²) in [6.45, 7) is 1.36. The van der Waals surface area contributed by atoms with Crippen molar-refractivity contribution in [2.75, 3.05) is 20.3 Å². The van der Waals surface area contributed by atoms with E-state index in [0.29, 0.717) is 19.0 Å². The van der Waals surface area contributed by atoms with Crippen LogP contribution in [-0.2, 0) is 15.1 Å². The van der Waals surface area contributed by atoms with E-state index in [4.69, 9.17) is 9.47 Å². The maximum Gasteiger partial charge on any atom is 0.181 e. The molecule has 2 heterocycles. The summed E-state index contributed by atoms with van der Waals surface area (Å²) in [6, 6.07) is 7.93. The zero-order chi connectivity index (χ0) is 14.0. The molecule has 0 amide bonds. The highest BCUT2D eigenvalue weighted by Crippen LogP contribution is 2.34. The van der Waals surface area contributed by atoms with Crippen LogP contribution in [0, 0.1) is 0 Å². The molecule has 0 unspecified atom stereocenters. The van der Waals surface area contributed by atoms with Crippen LogP contribution in [-0.4, -0.2) is 35.5 Å². The zero-order valence-electron chi connectivity index (χ0n) is 11.2. The Bertz CT molecular complexity index is 594. The summed E-state index contributed by atoms with van der Waals surface area (Å²) in [4.78, 5) is 4.62. The lowest BCUT2D eigenvalue weighted by Gasteiger charge is -2.33. The van der Waals surface area contributed by atoms with Crippen LogP contribution in [0.1, 0.15) is 18.7 Å². The van der Waals surface area contributed by atoms with Crippen molar-refractivity contribution in [3.05, 3.63) is 34.6 Å². The Labute approximate surface area is 125 Å². The molecule has 2 aromatic rings. The molecular weight excluding hydrogens is 322 g/mol. The quantitative estimate of drug-likeness (QED) is 0.935. The number of nitrogens with one attached hydrogen (secondary N) is 1. The first-order valence-corrected chi connectivity index (χ1v) is 7.34. The Kier molecular flexibility index (Phi) is 3.87. The minimum absolute atomic E-state index is 0.407. The van der Waals surface area contributed by atoms with Gasteiger partial charge in [0.1, 0.15) is 5.60 Å². The van der Waals surface area contributed by atoms with Gasteiger partial charge in [0.25, 0.3) is 0 Å². The minimum atomic E-state index is -0.407. The Morgan fingerprint density at radius 3 is 2.85 bits per heavy atom. The van der Waals surface area contributed by atoms with Crippen LogP contribution in [0.25, 0.3) is 11.4 Å². The molecule has 20 heavy (non-hydrogen) atoms. The predicted molar refractivity (Wildman–Crippen MR) is 78.3 cm³/mol. The van der Waals surface area contributed by atoms with E-state index in [1.165, 1.54) is 0 Å². The summed E-state index contributed by atoms with van der Waals surface area (Å²) >= 11 is 3.46. The fraction of sp³-hybridized carbons (Fsp3) is 0.429. The maximum atomic E-state index is 5.71. The number of rotatable bonds is 3. The number of H-pyrrole nitrogens is 1. The molecule has 3 rings (SSSR count). The first-order valence-electron chi connectivity index (χ1n) is 6.55. The normalized spacial score (nSPS) is 18.1. The highest BCUT2D eigenvalue weighted by molar-refractivity contribution is 9.10. The van der Waals surface area contributed by atoms with Gasteiger partial charge in [-0.25, -0.2) is 4.98 Å². The summed E-state index contributed by atoms with van der Waals surface area (Å²) in [7, 11) is 1.71. The number of aromatic amines is 1. The lowest BCUT2D eigenvalue weighted by Crippen LogP contribution is -2.36. The van der Waals surface area contributed by atoms with Crippen molar-refractivity contribution in [1.29, 1.82) is 0 Å². The van der Waals surface area contributed by atoms with E-state index in [1.54, 1.807) is 7.11 Å². The summed E-state index contributed by atoms with van der Waals surface area (Å²) in [5, 5.41) is 7.35. The van der Waals surface area contributed by atoms with Crippen molar-refractivity contribution in [2.24, 2.45) is 0 Å². The lowest BCUT2D eigenvalue weighted by molar-refractivity contribution is -0.0997. The average Bonchev–Trinajstić information content (AvgIpc) is 2.98. The van der Waals surface area contributed by atoms with Gasteiger partial charge in [0, 0.05) is 43.2 Å². The van der Waals surface area contributed by atoms with E-state index in [9.17, 15) is 0 Å². The standard InChI is InChI=1S/C14H16BrN3O2/c1-19-14(5-7-20-8-6-14)13-16-12(17-18-13)10-3-2-4-11(15)9-10/h2-4,9H,5-8H2,1H3,(H,16,17,18). The summed E-state index contributed by atoms with van der Waals surface area (Å²) in [6.07, 6.45) is 1.58. The molecule has 1 fully saturated rings. The molecule has 1 aromatic carbocycles. The summed E-state index contributed by atoms with van der Waals surface area (Å²) in [5.74, 6) is 1.46. The fourth-order valence-corrected chi connectivity index (χ4v) is 2.86. The van der Waals surface area contributed by atoms with E-state index in [1.807, 2.05) is 24.3 Å². The second kappa shape index (κ2) is 5.63. The van der Waals surface area contributed by atoms with Crippen LogP contribution in [0.3, 0.4) is 0 Å². The molecule has 0 atom stereocenters. The third-order valence-electron chi connectivity index (χ3n) is 3.69. The molecule has 1 N–H and O–H groups in total. The van der Waals surface area contributed by atoms with Gasteiger partial charge >= 0.3 is 0 Å². The van der Waals surface area contributed by atoms with Gasteiger partial charge in [-0.1, -0.05) is 28.1 Å². The molecule has 0 spiro atoms. The molecular formula is C14H16BrN3O2. The highest BCUT2D eigenvalue weighted by Gasteiger charge is 2.37. The van der Waals surface area contributed by atoms with Crippen LogP contribution in [0.5, 0.6) is 0 Å². The Morgan fingerprint density at radius 2 is 2.15 bits per heavy atom. The van der Waals surface area contributed by atoms with Gasteiger partial charge in [-0.2, -0.15) is 5.10 Å².